The number of thiophene rings is 1. The van der Waals surface area contributed by atoms with Gasteiger partial charge < -0.3 is 19.2 Å². The molecule has 170 valence electrons. The van der Waals surface area contributed by atoms with Gasteiger partial charge in [-0.2, -0.15) is 0 Å². The van der Waals surface area contributed by atoms with Crippen molar-refractivity contribution in [2.75, 3.05) is 0 Å². The summed E-state index contributed by atoms with van der Waals surface area (Å²) in [7, 11) is 0. The van der Waals surface area contributed by atoms with E-state index in [1.807, 2.05) is 25.1 Å². The lowest BCUT2D eigenvalue weighted by Gasteiger charge is -2.44. The smallest absolute Gasteiger partial charge is 0.271 e. The average Bonchev–Trinajstić information content (AvgIpc) is 3.50. The summed E-state index contributed by atoms with van der Waals surface area (Å²) in [5, 5.41) is 3.29. The molecule has 0 spiro atoms. The largest absolute Gasteiger partial charge is 0.467 e. The second-order valence-corrected chi connectivity index (χ2v) is 10.8. The van der Waals surface area contributed by atoms with Gasteiger partial charge in [-0.25, -0.2) is 0 Å². The maximum absolute atomic E-state index is 13.7. The number of nitrogens with zero attached hydrogens (tertiary/aromatic N) is 2. The van der Waals surface area contributed by atoms with Crippen molar-refractivity contribution in [1.82, 2.24) is 14.8 Å². The molecule has 3 aromatic heterocycles. The highest BCUT2D eigenvalue weighted by Crippen LogP contribution is 2.37. The maximum atomic E-state index is 13.7. The third-order valence-electron chi connectivity index (χ3n) is 7.25. The van der Waals surface area contributed by atoms with Gasteiger partial charge in [0.25, 0.3) is 5.91 Å². The van der Waals surface area contributed by atoms with E-state index in [1.54, 1.807) is 22.5 Å². The zero-order valence-corrected chi connectivity index (χ0v) is 19.8. The van der Waals surface area contributed by atoms with Crippen LogP contribution in [0.2, 0.25) is 0 Å². The Morgan fingerprint density at radius 3 is 2.75 bits per heavy atom. The van der Waals surface area contributed by atoms with E-state index in [1.165, 1.54) is 4.88 Å². The molecule has 4 heterocycles. The summed E-state index contributed by atoms with van der Waals surface area (Å²) in [6.07, 6.45) is 6.83. The lowest BCUT2D eigenvalue weighted by molar-refractivity contribution is -0.134. The SMILES string of the molecule is CCc1cc2c(cc3n2CC(C)(C(=O)NC2CCC(C)CC2)N(Cc2ccco2)C3=O)s1. The van der Waals surface area contributed by atoms with Gasteiger partial charge in [0.2, 0.25) is 5.91 Å². The first-order chi connectivity index (χ1) is 15.4. The monoisotopic (exact) mass is 453 g/mol. The number of aromatic nitrogens is 1. The summed E-state index contributed by atoms with van der Waals surface area (Å²) in [4.78, 5) is 30.4. The molecular formula is C25H31N3O3S. The van der Waals surface area contributed by atoms with E-state index in [4.69, 9.17) is 4.42 Å². The number of fused-ring (bicyclic) bond motifs is 3. The van der Waals surface area contributed by atoms with Crippen LogP contribution in [0.5, 0.6) is 0 Å². The van der Waals surface area contributed by atoms with Crippen LogP contribution >= 0.6 is 11.3 Å². The zero-order chi connectivity index (χ0) is 22.5. The van der Waals surface area contributed by atoms with E-state index >= 15 is 0 Å². The number of carbonyl (C=O) groups excluding carboxylic acids is 2. The van der Waals surface area contributed by atoms with E-state index in [2.05, 4.69) is 29.8 Å². The van der Waals surface area contributed by atoms with Crippen LogP contribution in [-0.2, 0) is 24.3 Å². The van der Waals surface area contributed by atoms with E-state index in [0.29, 0.717) is 23.9 Å². The number of hydrogen-bond acceptors (Lipinski definition) is 4. The molecule has 1 saturated carbocycles. The Morgan fingerprint density at radius 2 is 2.06 bits per heavy atom. The van der Waals surface area contributed by atoms with Crippen LogP contribution in [0.1, 0.15) is 67.6 Å². The van der Waals surface area contributed by atoms with Crippen LogP contribution in [0.15, 0.2) is 34.9 Å². The summed E-state index contributed by atoms with van der Waals surface area (Å²) in [5.74, 6) is 1.20. The number of hydrogen-bond donors (Lipinski definition) is 1. The molecule has 1 aliphatic carbocycles. The molecule has 1 fully saturated rings. The van der Waals surface area contributed by atoms with E-state index in [0.717, 1.165) is 42.3 Å². The average molecular weight is 454 g/mol. The molecule has 2 amide bonds. The molecule has 1 unspecified atom stereocenters. The van der Waals surface area contributed by atoms with Crippen LogP contribution in [0.4, 0.5) is 0 Å². The first-order valence-electron chi connectivity index (χ1n) is 11.7. The predicted molar refractivity (Wildman–Crippen MR) is 126 cm³/mol. The second-order valence-electron chi connectivity index (χ2n) is 9.61. The summed E-state index contributed by atoms with van der Waals surface area (Å²) >= 11 is 1.73. The van der Waals surface area contributed by atoms with Gasteiger partial charge in [0.1, 0.15) is 17.0 Å². The molecule has 3 aromatic rings. The summed E-state index contributed by atoms with van der Waals surface area (Å²) in [6, 6.07) is 8.00. The molecule has 0 saturated heterocycles. The van der Waals surface area contributed by atoms with E-state index in [9.17, 15) is 9.59 Å². The molecule has 1 N–H and O–H groups in total. The van der Waals surface area contributed by atoms with Crippen molar-refractivity contribution in [2.45, 2.75) is 77.5 Å². The second kappa shape index (κ2) is 8.10. The number of aryl methyl sites for hydroxylation is 1. The number of rotatable bonds is 5. The molecule has 1 atom stereocenters. The van der Waals surface area contributed by atoms with Gasteiger partial charge in [0, 0.05) is 10.9 Å². The molecule has 0 radical (unpaired) electrons. The normalized spacial score (nSPS) is 25.8. The number of furan rings is 1. The summed E-state index contributed by atoms with van der Waals surface area (Å²) in [5.41, 5.74) is 0.704. The van der Waals surface area contributed by atoms with Crippen molar-refractivity contribution in [3.05, 3.63) is 46.9 Å². The molecule has 2 aliphatic rings. The van der Waals surface area contributed by atoms with Crippen LogP contribution < -0.4 is 5.32 Å². The zero-order valence-electron chi connectivity index (χ0n) is 19.0. The van der Waals surface area contributed by atoms with Crippen LogP contribution in [0.25, 0.3) is 10.2 Å². The highest BCUT2D eigenvalue weighted by Gasteiger charge is 2.48. The fourth-order valence-electron chi connectivity index (χ4n) is 5.11. The Balaban J connectivity index is 1.51. The molecule has 5 rings (SSSR count). The molecule has 7 heteroatoms. The minimum Gasteiger partial charge on any atom is -0.467 e. The van der Waals surface area contributed by atoms with E-state index < -0.39 is 5.54 Å². The Labute approximate surface area is 192 Å². The van der Waals surface area contributed by atoms with Gasteiger partial charge in [-0.3, -0.25) is 9.59 Å². The molecule has 0 aromatic carbocycles. The number of amides is 2. The maximum Gasteiger partial charge on any atom is 0.271 e. The van der Waals surface area contributed by atoms with Gasteiger partial charge in [-0.1, -0.05) is 13.8 Å². The fraction of sp³-hybridized carbons (Fsp3) is 0.520. The third kappa shape index (κ3) is 3.56. The standard InChI is InChI=1S/C25H31N3O3S/c1-4-19-12-20-22(32-19)13-21-23(29)28(14-18-6-5-11-31-18)25(3,15-27(20)21)24(30)26-17-9-7-16(2)8-10-17/h5-6,11-13,16-17H,4,7-10,14-15H2,1-3H3,(H,26,30). The topological polar surface area (TPSA) is 67.5 Å². The molecule has 0 bridgehead atoms. The lowest BCUT2D eigenvalue weighted by Crippen LogP contribution is -2.64. The predicted octanol–water partition coefficient (Wildman–Crippen LogP) is 4.97. The number of carbonyl (C=O) groups is 2. The van der Waals surface area contributed by atoms with Crippen molar-refractivity contribution in [3.8, 4) is 0 Å². The minimum absolute atomic E-state index is 0.0737. The highest BCUT2D eigenvalue weighted by atomic mass is 32.1. The van der Waals surface area contributed by atoms with Gasteiger partial charge in [-0.15, -0.1) is 11.3 Å². The first kappa shape index (κ1) is 21.3. The van der Waals surface area contributed by atoms with E-state index in [-0.39, 0.29) is 24.4 Å². The van der Waals surface area contributed by atoms with Gasteiger partial charge in [0.05, 0.1) is 29.6 Å². The van der Waals surface area contributed by atoms with Crippen molar-refractivity contribution in [2.24, 2.45) is 5.92 Å². The Morgan fingerprint density at radius 1 is 1.28 bits per heavy atom. The summed E-state index contributed by atoms with van der Waals surface area (Å²) in [6.45, 7) is 7.02. The fourth-order valence-corrected chi connectivity index (χ4v) is 6.16. The van der Waals surface area contributed by atoms with Crippen LogP contribution in [-0.4, -0.2) is 32.9 Å². The first-order valence-corrected chi connectivity index (χ1v) is 12.5. The minimum atomic E-state index is -1.000. The quantitative estimate of drug-likeness (QED) is 0.593. The van der Waals surface area contributed by atoms with Crippen molar-refractivity contribution in [1.29, 1.82) is 0 Å². The summed E-state index contributed by atoms with van der Waals surface area (Å²) < 4.78 is 8.71. The van der Waals surface area contributed by atoms with Crippen molar-refractivity contribution in [3.63, 3.8) is 0 Å². The lowest BCUT2D eigenvalue weighted by atomic mass is 9.86. The molecular weight excluding hydrogens is 422 g/mol. The number of nitrogens with one attached hydrogen (secondary N) is 1. The van der Waals surface area contributed by atoms with Gasteiger partial charge >= 0.3 is 0 Å². The molecule has 32 heavy (non-hydrogen) atoms. The third-order valence-corrected chi connectivity index (χ3v) is 8.46. The highest BCUT2D eigenvalue weighted by molar-refractivity contribution is 7.19. The van der Waals surface area contributed by atoms with Crippen LogP contribution in [0.3, 0.4) is 0 Å². The Hall–Kier alpha value is -2.54. The van der Waals surface area contributed by atoms with Crippen LogP contribution in [0, 0.1) is 5.92 Å². The molecule has 1 aliphatic heterocycles. The Bertz CT molecular complexity index is 1140. The molecule has 6 nitrogen and oxygen atoms in total. The van der Waals surface area contributed by atoms with Gasteiger partial charge in [0.15, 0.2) is 0 Å². The Kier molecular flexibility index (Phi) is 5.40. The van der Waals surface area contributed by atoms with Crippen molar-refractivity contribution < 1.29 is 14.0 Å². The van der Waals surface area contributed by atoms with Crippen molar-refractivity contribution >= 4 is 33.4 Å². The van der Waals surface area contributed by atoms with Gasteiger partial charge in [-0.05, 0) is 69.2 Å².